The first-order chi connectivity index (χ1) is 12.4. The Morgan fingerprint density at radius 1 is 1.23 bits per heavy atom. The summed E-state index contributed by atoms with van der Waals surface area (Å²) in [6.45, 7) is 3.31. The molecule has 26 heavy (non-hydrogen) atoms. The molecule has 0 spiro atoms. The molecule has 1 aliphatic rings. The van der Waals surface area contributed by atoms with Crippen molar-refractivity contribution in [2.75, 3.05) is 27.2 Å². The average molecular weight is 354 g/mol. The monoisotopic (exact) mass is 354 g/mol. The zero-order chi connectivity index (χ0) is 18.7. The summed E-state index contributed by atoms with van der Waals surface area (Å²) in [6, 6.07) is 12.7. The van der Waals surface area contributed by atoms with E-state index in [2.05, 4.69) is 5.32 Å². The number of benzene rings is 2. The fourth-order valence-corrected chi connectivity index (χ4v) is 2.98. The molecule has 0 aromatic heterocycles. The maximum Gasteiger partial charge on any atom is 0.252 e. The number of phenols is 1. The Kier molecular flexibility index (Phi) is 5.18. The molecule has 0 unspecified atom stereocenters. The van der Waals surface area contributed by atoms with Crippen LogP contribution in [0.25, 0.3) is 0 Å². The van der Waals surface area contributed by atoms with Crippen LogP contribution >= 0.6 is 0 Å². The zero-order valence-electron chi connectivity index (χ0n) is 15.6. The van der Waals surface area contributed by atoms with Crippen molar-refractivity contribution < 1.29 is 14.6 Å². The van der Waals surface area contributed by atoms with E-state index in [9.17, 15) is 9.90 Å². The number of ether oxygens (including phenoxy) is 1. The highest BCUT2D eigenvalue weighted by Gasteiger charge is 2.46. The van der Waals surface area contributed by atoms with Gasteiger partial charge in [0.15, 0.2) is 0 Å². The van der Waals surface area contributed by atoms with Crippen molar-refractivity contribution in [3.63, 3.8) is 0 Å². The smallest absolute Gasteiger partial charge is 0.252 e. The predicted octanol–water partition coefficient (Wildman–Crippen LogP) is 3.06. The number of carbonyl (C=O) groups is 1. The van der Waals surface area contributed by atoms with Crippen LogP contribution in [0, 0.1) is 6.92 Å². The Morgan fingerprint density at radius 2 is 2.00 bits per heavy atom. The molecule has 1 amide bonds. The molecule has 1 saturated carbocycles. The second-order valence-corrected chi connectivity index (χ2v) is 7.22. The van der Waals surface area contributed by atoms with E-state index >= 15 is 0 Å². The summed E-state index contributed by atoms with van der Waals surface area (Å²) in [5, 5.41) is 12.9. The second kappa shape index (κ2) is 7.38. The topological polar surface area (TPSA) is 61.8 Å². The third-order valence-corrected chi connectivity index (χ3v) is 4.76. The van der Waals surface area contributed by atoms with Crippen molar-refractivity contribution >= 4 is 5.91 Å². The molecule has 0 bridgehead atoms. The number of nitrogens with zero attached hydrogens (tertiary/aromatic N) is 1. The summed E-state index contributed by atoms with van der Waals surface area (Å²) in [7, 11) is 3.99. The highest BCUT2D eigenvalue weighted by atomic mass is 16.5. The molecule has 0 radical (unpaired) electrons. The molecule has 3 rings (SSSR count). The lowest BCUT2D eigenvalue weighted by molar-refractivity contribution is 0.0929. The van der Waals surface area contributed by atoms with Gasteiger partial charge in [0.25, 0.3) is 5.91 Å². The van der Waals surface area contributed by atoms with Gasteiger partial charge in [-0.25, -0.2) is 0 Å². The van der Waals surface area contributed by atoms with Gasteiger partial charge in [-0.15, -0.1) is 0 Å². The van der Waals surface area contributed by atoms with E-state index in [1.165, 1.54) is 0 Å². The number of hydrogen-bond acceptors (Lipinski definition) is 4. The minimum Gasteiger partial charge on any atom is -0.508 e. The molecule has 5 heteroatoms. The van der Waals surface area contributed by atoms with Crippen LogP contribution < -0.4 is 10.1 Å². The van der Waals surface area contributed by atoms with Crippen LogP contribution in [-0.2, 0) is 5.54 Å². The van der Waals surface area contributed by atoms with E-state index < -0.39 is 0 Å². The fraction of sp³-hybridized carbons (Fsp3) is 0.381. The normalized spacial score (nSPS) is 14.9. The third kappa shape index (κ3) is 4.17. The molecule has 0 saturated heterocycles. The van der Waals surface area contributed by atoms with Crippen LogP contribution in [0.4, 0.5) is 0 Å². The van der Waals surface area contributed by atoms with Crippen LogP contribution in [0.5, 0.6) is 11.5 Å². The van der Waals surface area contributed by atoms with Gasteiger partial charge < -0.3 is 20.1 Å². The number of aromatic hydroxyl groups is 1. The Labute approximate surface area is 154 Å². The Hall–Kier alpha value is -2.53. The Morgan fingerprint density at radius 3 is 2.65 bits per heavy atom. The average Bonchev–Trinajstić information content (AvgIpc) is 3.37. The lowest BCUT2D eigenvalue weighted by Gasteiger charge is -2.19. The van der Waals surface area contributed by atoms with Gasteiger partial charge in [0.05, 0.1) is 5.54 Å². The molecular formula is C21H26N2O3. The lowest BCUT2D eigenvalue weighted by Crippen LogP contribution is -2.35. The molecule has 138 valence electrons. The van der Waals surface area contributed by atoms with Gasteiger partial charge in [0.1, 0.15) is 18.1 Å². The van der Waals surface area contributed by atoms with E-state index in [1.54, 1.807) is 24.3 Å². The molecule has 2 aromatic rings. The van der Waals surface area contributed by atoms with Crippen molar-refractivity contribution in [3.8, 4) is 11.5 Å². The zero-order valence-corrected chi connectivity index (χ0v) is 15.6. The largest absolute Gasteiger partial charge is 0.508 e. The van der Waals surface area contributed by atoms with Gasteiger partial charge in [-0.1, -0.05) is 18.2 Å². The molecule has 1 fully saturated rings. The number of rotatable bonds is 7. The molecule has 0 atom stereocenters. The Balaban J connectivity index is 1.73. The van der Waals surface area contributed by atoms with Gasteiger partial charge in [-0.05, 0) is 69.3 Å². The van der Waals surface area contributed by atoms with E-state index in [4.69, 9.17) is 4.74 Å². The van der Waals surface area contributed by atoms with Crippen molar-refractivity contribution in [1.29, 1.82) is 0 Å². The lowest BCUT2D eigenvalue weighted by atomic mass is 10.0. The summed E-state index contributed by atoms with van der Waals surface area (Å²) in [6.07, 6.45) is 1.75. The summed E-state index contributed by atoms with van der Waals surface area (Å²) in [5.74, 6) is 0.807. The molecule has 2 aromatic carbocycles. The summed E-state index contributed by atoms with van der Waals surface area (Å²) < 4.78 is 5.75. The number of likely N-dealkylation sites (N-methyl/N-ethyl adjacent to an activating group) is 1. The number of phenolic OH excluding ortho intramolecular Hbond substituents is 1. The van der Waals surface area contributed by atoms with Crippen LogP contribution in [0.15, 0.2) is 42.5 Å². The van der Waals surface area contributed by atoms with Crippen LogP contribution in [-0.4, -0.2) is 43.2 Å². The number of amides is 1. The number of aryl methyl sites for hydroxylation is 1. The number of hydrogen-bond donors (Lipinski definition) is 2. The maximum atomic E-state index is 12.9. The van der Waals surface area contributed by atoms with Crippen LogP contribution in [0.3, 0.4) is 0 Å². The highest BCUT2D eigenvalue weighted by Crippen LogP contribution is 2.46. The Bertz CT molecular complexity index is 798. The van der Waals surface area contributed by atoms with Crippen LogP contribution in [0.1, 0.15) is 34.3 Å². The van der Waals surface area contributed by atoms with E-state index in [0.29, 0.717) is 17.9 Å². The first-order valence-corrected chi connectivity index (χ1v) is 8.90. The van der Waals surface area contributed by atoms with Crippen molar-refractivity contribution in [2.45, 2.75) is 25.3 Å². The first kappa shape index (κ1) is 18.3. The minimum absolute atomic E-state index is 0.110. The minimum atomic E-state index is -0.371. The molecule has 0 heterocycles. The van der Waals surface area contributed by atoms with Crippen LogP contribution in [0.2, 0.25) is 0 Å². The molecule has 1 aliphatic carbocycles. The molecular weight excluding hydrogens is 328 g/mol. The summed E-state index contributed by atoms with van der Waals surface area (Å²) in [5.41, 5.74) is 2.11. The SMILES string of the molecule is Cc1ccc(OCCN(C)C)cc1C(=O)NC1(c2cccc(O)c2)CC1. The highest BCUT2D eigenvalue weighted by molar-refractivity contribution is 5.96. The van der Waals surface area contributed by atoms with Gasteiger partial charge in [-0.3, -0.25) is 4.79 Å². The van der Waals surface area contributed by atoms with Gasteiger partial charge in [0.2, 0.25) is 0 Å². The van der Waals surface area contributed by atoms with Gasteiger partial charge in [0, 0.05) is 12.1 Å². The van der Waals surface area contributed by atoms with Crippen molar-refractivity contribution in [2.24, 2.45) is 0 Å². The predicted molar refractivity (Wildman–Crippen MR) is 102 cm³/mol. The van der Waals surface area contributed by atoms with Crippen molar-refractivity contribution in [1.82, 2.24) is 10.2 Å². The maximum absolute atomic E-state index is 12.9. The standard InChI is InChI=1S/C21H26N2O3/c1-15-7-8-18(26-12-11-23(2)3)14-19(15)20(25)22-21(9-10-21)16-5-4-6-17(24)13-16/h4-8,13-14,24H,9-12H2,1-3H3,(H,22,25). The van der Waals surface area contributed by atoms with Gasteiger partial charge in [-0.2, -0.15) is 0 Å². The molecule has 0 aliphatic heterocycles. The number of carbonyl (C=O) groups excluding carboxylic acids is 1. The third-order valence-electron chi connectivity index (χ3n) is 4.76. The second-order valence-electron chi connectivity index (χ2n) is 7.22. The van der Waals surface area contributed by atoms with E-state index in [0.717, 1.165) is 30.5 Å². The first-order valence-electron chi connectivity index (χ1n) is 8.90. The molecule has 5 nitrogen and oxygen atoms in total. The van der Waals surface area contributed by atoms with E-state index in [1.807, 2.05) is 44.1 Å². The fourth-order valence-electron chi connectivity index (χ4n) is 2.98. The summed E-state index contributed by atoms with van der Waals surface area (Å²) >= 11 is 0. The number of nitrogens with one attached hydrogen (secondary N) is 1. The van der Waals surface area contributed by atoms with Crippen molar-refractivity contribution in [3.05, 3.63) is 59.2 Å². The molecule has 2 N–H and O–H groups in total. The van der Waals surface area contributed by atoms with E-state index in [-0.39, 0.29) is 17.2 Å². The van der Waals surface area contributed by atoms with Gasteiger partial charge >= 0.3 is 0 Å². The quantitative estimate of drug-likeness (QED) is 0.802. The summed E-state index contributed by atoms with van der Waals surface area (Å²) in [4.78, 5) is 14.9.